The van der Waals surface area contributed by atoms with Crippen molar-refractivity contribution >= 4 is 41.8 Å². The van der Waals surface area contributed by atoms with Gasteiger partial charge in [-0.3, -0.25) is 33.6 Å². The lowest BCUT2D eigenvalue weighted by Crippen LogP contribution is -2.55. The number of methoxy groups -OCH3 is 2. The second-order valence-corrected chi connectivity index (χ2v) is 9.95. The SMILES string of the molecule is COC(=O)C[C@@H](C(=O)OC)C1=CC(C)=C(C)C[C@@H]1[C@H](OC(C)=O)[C@@H](OC(C)=O)[C@@H](OC(C)=O)[C@@H](COC(C)=O)OC(C)=O. The molecule has 240 valence electrons. The smallest absolute Gasteiger partial charge is 0.313 e. The molecule has 0 aromatic carbocycles. The van der Waals surface area contributed by atoms with Gasteiger partial charge >= 0.3 is 41.8 Å². The fourth-order valence-corrected chi connectivity index (χ4v) is 4.72. The van der Waals surface area contributed by atoms with Gasteiger partial charge in [-0.15, -0.1) is 0 Å². The Bertz CT molecular complexity index is 1150. The summed E-state index contributed by atoms with van der Waals surface area (Å²) in [4.78, 5) is 86.2. The Labute approximate surface area is 249 Å². The van der Waals surface area contributed by atoms with Crippen molar-refractivity contribution in [3.05, 3.63) is 22.8 Å². The third kappa shape index (κ3) is 11.5. The minimum atomic E-state index is -1.67. The maximum atomic E-state index is 13.0. The summed E-state index contributed by atoms with van der Waals surface area (Å²) >= 11 is 0. The molecule has 0 unspecified atom stereocenters. The van der Waals surface area contributed by atoms with Gasteiger partial charge in [-0.2, -0.15) is 0 Å². The summed E-state index contributed by atoms with van der Waals surface area (Å²) in [5.41, 5.74) is 1.84. The van der Waals surface area contributed by atoms with Crippen molar-refractivity contribution in [3.8, 4) is 0 Å². The van der Waals surface area contributed by atoms with Gasteiger partial charge in [0.15, 0.2) is 18.3 Å². The van der Waals surface area contributed by atoms with Crippen molar-refractivity contribution in [3.63, 3.8) is 0 Å². The Kier molecular flexibility index (Phi) is 14.6. The largest absolute Gasteiger partial charge is 0.469 e. The van der Waals surface area contributed by atoms with Crippen LogP contribution in [0.3, 0.4) is 0 Å². The van der Waals surface area contributed by atoms with Crippen molar-refractivity contribution < 1.29 is 66.7 Å². The van der Waals surface area contributed by atoms with Gasteiger partial charge in [0.25, 0.3) is 0 Å². The van der Waals surface area contributed by atoms with Crippen molar-refractivity contribution in [2.75, 3.05) is 20.8 Å². The van der Waals surface area contributed by atoms with Crippen LogP contribution in [0.15, 0.2) is 22.8 Å². The van der Waals surface area contributed by atoms with E-state index < -0.39 is 91.1 Å². The van der Waals surface area contributed by atoms with Crippen molar-refractivity contribution in [2.24, 2.45) is 11.8 Å². The van der Waals surface area contributed by atoms with E-state index >= 15 is 0 Å². The first-order chi connectivity index (χ1) is 20.0. The highest BCUT2D eigenvalue weighted by Gasteiger charge is 2.49. The van der Waals surface area contributed by atoms with Gasteiger partial charge in [0.2, 0.25) is 0 Å². The number of hydrogen-bond acceptors (Lipinski definition) is 14. The third-order valence-electron chi connectivity index (χ3n) is 6.58. The highest BCUT2D eigenvalue weighted by Crippen LogP contribution is 2.41. The second-order valence-electron chi connectivity index (χ2n) is 9.95. The van der Waals surface area contributed by atoms with Gasteiger partial charge in [-0.05, 0) is 25.8 Å². The van der Waals surface area contributed by atoms with Crippen LogP contribution in [-0.2, 0) is 66.7 Å². The molecule has 43 heavy (non-hydrogen) atoms. The molecule has 0 N–H and O–H groups in total. The van der Waals surface area contributed by atoms with E-state index in [-0.39, 0.29) is 12.0 Å². The number of hydrogen-bond donors (Lipinski definition) is 0. The maximum Gasteiger partial charge on any atom is 0.313 e. The fraction of sp³-hybridized carbons (Fsp3) is 0.621. The molecule has 1 aliphatic carbocycles. The van der Waals surface area contributed by atoms with Crippen LogP contribution in [0.2, 0.25) is 0 Å². The Hall–Kier alpha value is -4.23. The number of esters is 7. The van der Waals surface area contributed by atoms with Gasteiger partial charge in [0.05, 0.1) is 26.6 Å². The Balaban J connectivity index is 3.99. The highest BCUT2D eigenvalue weighted by atomic mass is 16.6. The molecule has 0 aromatic heterocycles. The number of ether oxygens (including phenoxy) is 7. The van der Waals surface area contributed by atoms with Crippen molar-refractivity contribution in [1.82, 2.24) is 0 Å². The molecule has 0 heterocycles. The zero-order valence-electron chi connectivity index (χ0n) is 25.9. The summed E-state index contributed by atoms with van der Waals surface area (Å²) in [6, 6.07) is 0. The first kappa shape index (κ1) is 36.8. The van der Waals surface area contributed by atoms with E-state index in [2.05, 4.69) is 0 Å². The molecule has 0 radical (unpaired) electrons. The Morgan fingerprint density at radius 3 is 1.74 bits per heavy atom. The van der Waals surface area contributed by atoms with Crippen LogP contribution < -0.4 is 0 Å². The highest BCUT2D eigenvalue weighted by molar-refractivity contribution is 5.83. The van der Waals surface area contributed by atoms with Crippen LogP contribution >= 0.6 is 0 Å². The summed E-state index contributed by atoms with van der Waals surface area (Å²) in [6.45, 7) is 8.30. The summed E-state index contributed by atoms with van der Waals surface area (Å²) in [5.74, 6) is -7.91. The van der Waals surface area contributed by atoms with E-state index in [1.54, 1.807) is 19.9 Å². The summed E-state index contributed by atoms with van der Waals surface area (Å²) in [5, 5.41) is 0. The molecule has 0 bridgehead atoms. The van der Waals surface area contributed by atoms with Crippen LogP contribution in [0.5, 0.6) is 0 Å². The van der Waals surface area contributed by atoms with E-state index in [4.69, 9.17) is 33.2 Å². The first-order valence-electron chi connectivity index (χ1n) is 13.4. The number of carbonyl (C=O) groups is 7. The van der Waals surface area contributed by atoms with E-state index in [1.807, 2.05) is 0 Å². The van der Waals surface area contributed by atoms with Crippen LogP contribution in [-0.4, -0.2) is 87.0 Å². The fourth-order valence-electron chi connectivity index (χ4n) is 4.72. The van der Waals surface area contributed by atoms with E-state index in [1.165, 1.54) is 0 Å². The lowest BCUT2D eigenvalue weighted by Gasteiger charge is -2.41. The lowest BCUT2D eigenvalue weighted by molar-refractivity contribution is -0.206. The molecule has 0 saturated carbocycles. The molecule has 6 atom stereocenters. The van der Waals surface area contributed by atoms with Gasteiger partial charge in [0.1, 0.15) is 12.7 Å². The summed E-state index contributed by atoms with van der Waals surface area (Å²) < 4.78 is 36.9. The van der Waals surface area contributed by atoms with Gasteiger partial charge in [-0.1, -0.05) is 17.2 Å². The summed E-state index contributed by atoms with van der Waals surface area (Å²) in [7, 11) is 2.29. The first-order valence-corrected chi connectivity index (χ1v) is 13.4. The Morgan fingerprint density at radius 1 is 0.744 bits per heavy atom. The zero-order valence-corrected chi connectivity index (χ0v) is 25.9. The molecule has 14 nitrogen and oxygen atoms in total. The molecule has 0 amide bonds. The molecule has 0 spiro atoms. The molecule has 0 aliphatic heterocycles. The van der Waals surface area contributed by atoms with Crippen molar-refractivity contribution in [1.29, 1.82) is 0 Å². The second kappa shape index (κ2) is 17.0. The molecular weight excluding hydrogens is 572 g/mol. The van der Waals surface area contributed by atoms with Gasteiger partial charge in [-0.25, -0.2) is 0 Å². The number of rotatable bonds is 14. The lowest BCUT2D eigenvalue weighted by atomic mass is 9.73. The number of carbonyl (C=O) groups excluding carboxylic acids is 7. The normalized spacial score (nSPS) is 18.0. The monoisotopic (exact) mass is 612 g/mol. The average molecular weight is 613 g/mol. The molecule has 1 aliphatic rings. The summed E-state index contributed by atoms with van der Waals surface area (Å²) in [6.07, 6.45) is -5.00. The average Bonchev–Trinajstić information content (AvgIpc) is 2.90. The molecule has 0 saturated heterocycles. The van der Waals surface area contributed by atoms with Gasteiger partial charge < -0.3 is 33.2 Å². The van der Waals surface area contributed by atoms with Crippen LogP contribution in [0.25, 0.3) is 0 Å². The third-order valence-corrected chi connectivity index (χ3v) is 6.58. The molecule has 0 fully saturated rings. The molecule has 0 aromatic rings. The zero-order chi connectivity index (χ0) is 33.0. The maximum absolute atomic E-state index is 13.0. The quantitative estimate of drug-likeness (QED) is 0.205. The van der Waals surface area contributed by atoms with E-state index in [0.29, 0.717) is 0 Å². The van der Waals surface area contributed by atoms with E-state index in [9.17, 15) is 33.6 Å². The van der Waals surface area contributed by atoms with Crippen LogP contribution in [0, 0.1) is 11.8 Å². The molecular formula is C29H40O14. The minimum absolute atomic E-state index is 0.136. The predicted octanol–water partition coefficient (Wildman–Crippen LogP) is 1.91. The Morgan fingerprint density at radius 2 is 1.28 bits per heavy atom. The topological polar surface area (TPSA) is 184 Å². The molecule has 14 heteroatoms. The van der Waals surface area contributed by atoms with Crippen LogP contribution in [0.4, 0.5) is 0 Å². The minimum Gasteiger partial charge on any atom is -0.469 e. The van der Waals surface area contributed by atoms with Crippen LogP contribution in [0.1, 0.15) is 61.3 Å². The molecule has 1 rings (SSSR count). The standard InChI is InChI=1S/C29H40O14/c1-14-10-21(23(29(36)38-9)12-25(35)37-8)22(11-15(14)2)26(41-18(5)32)28(43-20(7)34)27(42-19(6)33)24(40-17(4)31)13-39-16(3)30/h10,22-24,26-28H,11-13H2,1-9H3/t22-,23+,24+,26-,27-,28+/m0/s1. The van der Waals surface area contributed by atoms with Crippen molar-refractivity contribution in [2.45, 2.75) is 85.7 Å². The van der Waals surface area contributed by atoms with Gasteiger partial charge in [0, 0.05) is 40.5 Å². The van der Waals surface area contributed by atoms with E-state index in [0.717, 1.165) is 60.0 Å². The number of allylic oxidation sites excluding steroid dienone is 3. The predicted molar refractivity (Wildman–Crippen MR) is 146 cm³/mol.